The summed E-state index contributed by atoms with van der Waals surface area (Å²) in [6, 6.07) is -7.03. The van der Waals surface area contributed by atoms with E-state index in [1.54, 1.807) is 0 Å². The summed E-state index contributed by atoms with van der Waals surface area (Å²) in [5.41, 5.74) is 0. The quantitative estimate of drug-likeness (QED) is 0.0382. The van der Waals surface area contributed by atoms with Crippen molar-refractivity contribution in [3.63, 3.8) is 0 Å². The zero-order valence-corrected chi connectivity index (χ0v) is 51.6. The van der Waals surface area contributed by atoms with Gasteiger partial charge in [0.15, 0.2) is 37.7 Å². The maximum absolute atomic E-state index is 13.1. The Kier molecular flexibility index (Phi) is 28.2. The minimum absolute atomic E-state index is 0.788. The molecule has 0 aromatic carbocycles. The van der Waals surface area contributed by atoms with Crippen LogP contribution < -0.4 is 21.3 Å². The van der Waals surface area contributed by atoms with Crippen molar-refractivity contribution in [2.75, 3.05) is 46.2 Å². The van der Waals surface area contributed by atoms with Crippen LogP contribution in [-0.4, -0.2) is 403 Å². The van der Waals surface area contributed by atoms with Gasteiger partial charge in [-0.3, -0.25) is 19.2 Å². The molecular formula is C53H88N4O39. The molecule has 7 fully saturated rings. The van der Waals surface area contributed by atoms with Crippen molar-refractivity contribution in [2.45, 2.75) is 254 Å². The highest BCUT2D eigenvalue weighted by molar-refractivity contribution is 5.77. The summed E-state index contributed by atoms with van der Waals surface area (Å²) in [4.78, 5) is 62.9. The number of carboxylic acids is 1. The van der Waals surface area contributed by atoms with Crippen molar-refractivity contribution in [1.29, 1.82) is 0 Å². The van der Waals surface area contributed by atoms with Crippen molar-refractivity contribution in [1.82, 2.24) is 21.3 Å². The number of ether oxygens (including phenoxy) is 13. The number of aliphatic hydroxyl groups excluding tert-OH is 20. The van der Waals surface area contributed by atoms with E-state index in [0.29, 0.717) is 0 Å². The van der Waals surface area contributed by atoms with Gasteiger partial charge in [0, 0.05) is 34.1 Å². The van der Waals surface area contributed by atoms with Crippen molar-refractivity contribution in [3.05, 3.63) is 0 Å². The molecule has 4 amide bonds. The number of carbonyl (C=O) groups is 5. The number of carboxylic acid groups (broad SMARTS) is 1. The van der Waals surface area contributed by atoms with E-state index in [1.165, 1.54) is 0 Å². The molecule has 554 valence electrons. The second-order valence-electron chi connectivity index (χ2n) is 24.0. The summed E-state index contributed by atoms with van der Waals surface area (Å²) in [6.45, 7) is -3.50. The van der Waals surface area contributed by atoms with E-state index in [0.717, 1.165) is 27.7 Å². The fraction of sp³-hybridized carbons (Fsp3) is 0.906. The first kappa shape index (κ1) is 79.4. The second kappa shape index (κ2) is 34.1. The zero-order valence-electron chi connectivity index (χ0n) is 51.6. The number of rotatable bonds is 26. The van der Waals surface area contributed by atoms with E-state index >= 15 is 0 Å². The largest absolute Gasteiger partial charge is 0.477 e. The van der Waals surface area contributed by atoms with Crippen LogP contribution in [0.2, 0.25) is 0 Å². The summed E-state index contributed by atoms with van der Waals surface area (Å²) in [5, 5.41) is 238. The third-order valence-electron chi connectivity index (χ3n) is 17.1. The molecule has 0 radical (unpaired) electrons. The van der Waals surface area contributed by atoms with Gasteiger partial charge >= 0.3 is 5.97 Å². The van der Waals surface area contributed by atoms with Crippen LogP contribution in [-0.2, 0) is 85.6 Å². The average Bonchev–Trinajstić information content (AvgIpc) is 0.767. The SMILES string of the molecule is CC(=O)N[C@H]1[C@H](OC[C@H]2OC(O)[C@H](NC(C)=O)[C@@H](O[C@@H]3O[C@H](CO)[C@H](O)[C@H](O)[C@H]3O)[C@H]2O)O[C@H](CO)[C@H](O[C@@H]2O[C@H](CO)[C@H](O)[C@H](O[C@@H]3O[C@H](CO)[C@@H](O[C@@H]4O[C@H](CO)[C@H](O)[C@H](O[C@]5(C(=O)O)C[C@H](O)[C@@H](NC(C)=O)[C@H]([C@H](O)[C@H](O)CO)O5)[C@H]4O)[C@H](O)[C@H]3NC(C)=O)[C@H]2O)[C@@H]1O. The van der Waals surface area contributed by atoms with E-state index in [2.05, 4.69) is 21.3 Å². The van der Waals surface area contributed by atoms with E-state index in [9.17, 15) is 131 Å². The highest BCUT2D eigenvalue weighted by Crippen LogP contribution is 2.40. The van der Waals surface area contributed by atoms with E-state index < -0.39 is 303 Å². The monoisotopic (exact) mass is 1400 g/mol. The van der Waals surface area contributed by atoms with Gasteiger partial charge in [0.25, 0.3) is 5.79 Å². The van der Waals surface area contributed by atoms with Crippen molar-refractivity contribution in [3.8, 4) is 0 Å². The third-order valence-corrected chi connectivity index (χ3v) is 17.1. The normalized spacial score (nSPS) is 46.0. The first-order valence-corrected chi connectivity index (χ1v) is 30.2. The van der Waals surface area contributed by atoms with E-state index in [-0.39, 0.29) is 0 Å². The van der Waals surface area contributed by atoms with Crippen molar-refractivity contribution < 1.29 is 193 Å². The molecule has 0 aromatic heterocycles. The highest BCUT2D eigenvalue weighted by atomic mass is 16.8. The van der Waals surface area contributed by atoms with Crippen LogP contribution in [0.15, 0.2) is 0 Å². The number of amides is 4. The first-order chi connectivity index (χ1) is 45.2. The number of carbonyl (C=O) groups excluding carboxylic acids is 4. The number of aliphatic hydroxyl groups is 20. The Hall–Kier alpha value is -3.97. The fourth-order valence-electron chi connectivity index (χ4n) is 12.2. The predicted molar refractivity (Wildman–Crippen MR) is 295 cm³/mol. The van der Waals surface area contributed by atoms with Crippen LogP contribution in [0.3, 0.4) is 0 Å². The molecule has 0 aliphatic carbocycles. The second-order valence-corrected chi connectivity index (χ2v) is 24.0. The standard InChI is InChI=1S/C53H88N4O39/c1-13(64)54-25-17(68)5-53(52(82)83,95-43(25)29(70)18(69)6-58)96-45-32(73)21(9-61)88-51(39(45)80)92-41-23(11-63)90-48(27(35(41)76)56-15(3)66)94-44-31(72)20(8-60)87-50(38(44)79)91-40-22(10-62)89-47(26(34(40)75)55-14(2)65)84-12-24-33(74)42(28(46(81)85-24)57-16(4)67)93-49-37(78)36(77)30(71)19(7-59)86-49/h17-51,58-63,68-81H,5-12H2,1-4H3,(H,54,64)(H,55,65)(H,56,66)(H,57,67)(H,82,83)/t17-,18+,19+,20+,21+,22+,23+,24+,25+,26+,27+,28+,29+,30-,31-,32-,33-,34+,35+,36-,37+,38+,39+,40-,41+,42+,43+,44-,45-,46?,47+,48-,49-,50-,51-,53-/m0/s1. The number of hydrogen-bond acceptors (Lipinski definition) is 38. The lowest BCUT2D eigenvalue weighted by atomic mass is 9.88. The lowest BCUT2D eigenvalue weighted by Crippen LogP contribution is -2.71. The Morgan fingerprint density at radius 1 is 0.427 bits per heavy atom. The molecule has 7 heterocycles. The molecule has 96 heavy (non-hydrogen) atoms. The lowest BCUT2D eigenvalue weighted by molar-refractivity contribution is -0.389. The fourth-order valence-corrected chi connectivity index (χ4v) is 12.2. The van der Waals surface area contributed by atoms with Crippen LogP contribution >= 0.6 is 0 Å². The molecule has 0 aromatic rings. The Labute approximate surface area is 543 Å². The van der Waals surface area contributed by atoms with Gasteiger partial charge < -0.3 is 190 Å². The molecule has 0 bridgehead atoms. The summed E-state index contributed by atoms with van der Waals surface area (Å²) in [7, 11) is 0. The zero-order chi connectivity index (χ0) is 71.3. The van der Waals surface area contributed by atoms with Gasteiger partial charge in [-0.05, 0) is 0 Å². The van der Waals surface area contributed by atoms with Gasteiger partial charge in [0.05, 0.1) is 58.4 Å². The van der Waals surface area contributed by atoms with Gasteiger partial charge in [-0.15, -0.1) is 0 Å². The molecule has 43 nitrogen and oxygen atoms in total. The molecule has 0 spiro atoms. The summed E-state index contributed by atoms with van der Waals surface area (Å²) in [5.74, 6) is -8.77. The molecule has 1 unspecified atom stereocenters. The highest BCUT2D eigenvalue weighted by Gasteiger charge is 2.62. The molecule has 7 rings (SSSR count). The molecule has 7 aliphatic rings. The van der Waals surface area contributed by atoms with Gasteiger partial charge in [-0.25, -0.2) is 4.79 Å². The minimum atomic E-state index is -3.23. The number of aliphatic carboxylic acids is 1. The Morgan fingerprint density at radius 2 is 0.823 bits per heavy atom. The van der Waals surface area contributed by atoms with Crippen LogP contribution in [0.25, 0.3) is 0 Å². The molecule has 7 saturated heterocycles. The van der Waals surface area contributed by atoms with E-state index in [4.69, 9.17) is 61.6 Å². The molecular weight excluding hydrogens is 1320 g/mol. The molecule has 0 saturated carbocycles. The molecule has 7 aliphatic heterocycles. The topological polar surface area (TPSA) is 678 Å². The van der Waals surface area contributed by atoms with Crippen LogP contribution in [0.5, 0.6) is 0 Å². The maximum atomic E-state index is 13.1. The number of hydrogen-bond donors (Lipinski definition) is 25. The number of nitrogens with one attached hydrogen (secondary N) is 4. The molecule has 43 heteroatoms. The Balaban J connectivity index is 1.08. The van der Waals surface area contributed by atoms with Crippen LogP contribution in [0, 0.1) is 0 Å². The smallest absolute Gasteiger partial charge is 0.364 e. The van der Waals surface area contributed by atoms with Gasteiger partial charge in [0.2, 0.25) is 23.6 Å². The van der Waals surface area contributed by atoms with Gasteiger partial charge in [0.1, 0.15) is 165 Å². The lowest BCUT2D eigenvalue weighted by Gasteiger charge is -2.51. The van der Waals surface area contributed by atoms with E-state index in [1.807, 2.05) is 0 Å². The summed E-state index contributed by atoms with van der Waals surface area (Å²) in [6.07, 6.45) is -64.1. The molecule has 25 N–H and O–H groups in total. The first-order valence-electron chi connectivity index (χ1n) is 30.2. The van der Waals surface area contributed by atoms with Gasteiger partial charge in [-0.1, -0.05) is 0 Å². The van der Waals surface area contributed by atoms with Gasteiger partial charge in [-0.2, -0.15) is 0 Å². The van der Waals surface area contributed by atoms with Crippen molar-refractivity contribution in [2.24, 2.45) is 0 Å². The minimum Gasteiger partial charge on any atom is -0.477 e. The molecule has 36 atom stereocenters. The Morgan fingerprint density at radius 3 is 1.30 bits per heavy atom. The van der Waals surface area contributed by atoms with Crippen LogP contribution in [0.1, 0.15) is 34.1 Å². The summed E-state index contributed by atoms with van der Waals surface area (Å²) >= 11 is 0. The maximum Gasteiger partial charge on any atom is 0.364 e. The van der Waals surface area contributed by atoms with Crippen LogP contribution in [0.4, 0.5) is 0 Å². The van der Waals surface area contributed by atoms with Crippen molar-refractivity contribution >= 4 is 29.6 Å². The predicted octanol–water partition coefficient (Wildman–Crippen LogP) is -16.5. The Bertz CT molecular complexity index is 2540. The average molecular weight is 1410 g/mol. The summed E-state index contributed by atoms with van der Waals surface area (Å²) < 4.78 is 74.9. The third kappa shape index (κ3) is 17.5.